The number of aliphatic carboxylic acids is 1. The van der Waals surface area contributed by atoms with Gasteiger partial charge in [0.05, 0.1) is 34.4 Å². The molecule has 9 heteroatoms. The zero-order valence-electron chi connectivity index (χ0n) is 53.1. The topological polar surface area (TPSA) is 108 Å². The van der Waals surface area contributed by atoms with E-state index in [1.54, 1.807) is 0 Å². The van der Waals surface area contributed by atoms with Gasteiger partial charge in [-0.15, -0.1) is 0 Å². The summed E-state index contributed by atoms with van der Waals surface area (Å²) in [6, 6.07) is 0. The normalized spacial score (nSPS) is 12.9. The summed E-state index contributed by atoms with van der Waals surface area (Å²) in [6.07, 6.45) is 74.0. The van der Waals surface area contributed by atoms with Crippen molar-refractivity contribution in [2.45, 2.75) is 347 Å². The summed E-state index contributed by atoms with van der Waals surface area (Å²) in [7, 11) is 5.99. The predicted octanol–water partition coefficient (Wildman–Crippen LogP) is 20.8. The molecule has 0 saturated carbocycles. The van der Waals surface area contributed by atoms with Crippen molar-refractivity contribution in [1.82, 2.24) is 0 Å². The number of hydrogen-bond acceptors (Lipinski definition) is 7. The van der Waals surface area contributed by atoms with Gasteiger partial charge >= 0.3 is 17.9 Å². The molecule has 0 radical (unpaired) electrons. The lowest BCUT2D eigenvalue weighted by atomic mass is 10.0. The van der Waals surface area contributed by atoms with Gasteiger partial charge in [0.15, 0.2) is 6.10 Å². The second-order valence-electron chi connectivity index (χ2n) is 24.5. The van der Waals surface area contributed by atoms with Crippen LogP contribution in [0, 0.1) is 0 Å². The molecule has 0 heterocycles. The number of hydrogen-bond donors (Lipinski definition) is 1. The first-order chi connectivity index (χ1) is 38.6. The van der Waals surface area contributed by atoms with E-state index in [4.69, 9.17) is 18.9 Å². The van der Waals surface area contributed by atoms with Crippen molar-refractivity contribution in [3.63, 3.8) is 0 Å². The molecular formula is C70H132NO8+. The highest BCUT2D eigenvalue weighted by molar-refractivity contribution is 5.71. The first-order valence-corrected chi connectivity index (χ1v) is 34.2. The Balaban J connectivity index is 4.06. The summed E-state index contributed by atoms with van der Waals surface area (Å²) in [6.45, 7) is 4.92. The van der Waals surface area contributed by atoms with Gasteiger partial charge in [0.25, 0.3) is 6.29 Å². The van der Waals surface area contributed by atoms with Crippen molar-refractivity contribution >= 4 is 17.9 Å². The quantitative estimate of drug-likeness (QED) is 0.0211. The lowest BCUT2D eigenvalue weighted by Crippen LogP contribution is -2.40. The average Bonchev–Trinajstić information content (AvgIpc) is 3.42. The molecule has 0 bridgehead atoms. The number of carbonyl (C=O) groups is 3. The third kappa shape index (κ3) is 63.0. The van der Waals surface area contributed by atoms with Crippen molar-refractivity contribution in [2.75, 3.05) is 47.5 Å². The molecule has 0 rings (SSSR count). The minimum Gasteiger partial charge on any atom is -0.477 e. The van der Waals surface area contributed by atoms with Crippen LogP contribution in [0.3, 0.4) is 0 Å². The molecule has 0 spiro atoms. The maximum absolute atomic E-state index is 12.9. The third-order valence-electron chi connectivity index (χ3n) is 15.4. The minimum absolute atomic E-state index is 0.178. The molecule has 464 valence electrons. The van der Waals surface area contributed by atoms with E-state index in [1.807, 2.05) is 21.1 Å². The van der Waals surface area contributed by atoms with Crippen molar-refractivity contribution in [3.8, 4) is 0 Å². The van der Waals surface area contributed by atoms with Crippen LogP contribution in [0.5, 0.6) is 0 Å². The Kier molecular flexibility index (Phi) is 59.6. The number of carbonyl (C=O) groups excluding carboxylic acids is 2. The summed E-state index contributed by atoms with van der Waals surface area (Å²) in [5.74, 6) is -1.98. The van der Waals surface area contributed by atoms with E-state index in [0.717, 1.165) is 44.9 Å². The predicted molar refractivity (Wildman–Crippen MR) is 337 cm³/mol. The second kappa shape index (κ2) is 61.6. The van der Waals surface area contributed by atoms with Gasteiger partial charge in [0.1, 0.15) is 13.2 Å². The van der Waals surface area contributed by atoms with Crippen LogP contribution in [0.4, 0.5) is 0 Å². The van der Waals surface area contributed by atoms with Gasteiger partial charge in [-0.2, -0.15) is 0 Å². The molecule has 0 aliphatic carbocycles. The summed E-state index contributed by atoms with van der Waals surface area (Å²) in [4.78, 5) is 37.6. The van der Waals surface area contributed by atoms with E-state index in [0.29, 0.717) is 17.4 Å². The lowest BCUT2D eigenvalue weighted by Gasteiger charge is -2.25. The maximum atomic E-state index is 12.9. The number of rotatable bonds is 64. The Hall–Kier alpha value is -2.49. The lowest BCUT2D eigenvalue weighted by molar-refractivity contribution is -0.870. The number of ether oxygens (including phenoxy) is 4. The van der Waals surface area contributed by atoms with E-state index < -0.39 is 18.4 Å². The molecule has 0 aromatic heterocycles. The molecule has 2 unspecified atom stereocenters. The van der Waals surface area contributed by atoms with Crippen LogP contribution in [0.1, 0.15) is 335 Å². The zero-order chi connectivity index (χ0) is 57.6. The van der Waals surface area contributed by atoms with Crippen LogP contribution in [-0.2, 0) is 33.3 Å². The number of likely N-dealkylation sites (N-methyl/N-ethyl adjacent to an activating group) is 1. The molecule has 2 atom stereocenters. The molecule has 79 heavy (non-hydrogen) atoms. The molecule has 0 aromatic carbocycles. The van der Waals surface area contributed by atoms with Gasteiger partial charge in [0, 0.05) is 12.8 Å². The summed E-state index contributed by atoms with van der Waals surface area (Å²) >= 11 is 0. The monoisotopic (exact) mass is 1110 g/mol. The molecule has 0 aliphatic heterocycles. The Labute approximate surface area is 490 Å². The van der Waals surface area contributed by atoms with Gasteiger partial charge in [0.2, 0.25) is 0 Å². The highest BCUT2D eigenvalue weighted by atomic mass is 16.7. The molecular weight excluding hydrogens is 983 g/mol. The number of carboxylic acids is 1. The van der Waals surface area contributed by atoms with Crippen molar-refractivity contribution < 1.29 is 42.9 Å². The van der Waals surface area contributed by atoms with Crippen LogP contribution in [0.2, 0.25) is 0 Å². The fraction of sp³-hybridized carbons (Fsp3) is 0.871. The number of unbranched alkanes of at least 4 members (excludes halogenated alkanes) is 43. The Morgan fingerprint density at radius 2 is 0.684 bits per heavy atom. The molecule has 0 fully saturated rings. The molecule has 0 aromatic rings. The Morgan fingerprint density at radius 3 is 1.01 bits per heavy atom. The number of carboxylic acid groups (broad SMARTS) is 1. The fourth-order valence-corrected chi connectivity index (χ4v) is 10.1. The van der Waals surface area contributed by atoms with Crippen molar-refractivity contribution in [2.24, 2.45) is 0 Å². The Morgan fingerprint density at radius 1 is 0.380 bits per heavy atom. The van der Waals surface area contributed by atoms with Gasteiger partial charge in [-0.25, -0.2) is 4.79 Å². The van der Waals surface area contributed by atoms with Crippen LogP contribution in [0.15, 0.2) is 36.5 Å². The first-order valence-electron chi connectivity index (χ1n) is 34.2. The molecule has 9 nitrogen and oxygen atoms in total. The molecule has 0 amide bonds. The second-order valence-corrected chi connectivity index (χ2v) is 24.5. The maximum Gasteiger partial charge on any atom is 0.361 e. The highest BCUT2D eigenvalue weighted by Crippen LogP contribution is 2.18. The molecule has 1 N–H and O–H groups in total. The van der Waals surface area contributed by atoms with Crippen LogP contribution >= 0.6 is 0 Å². The molecule has 0 saturated heterocycles. The zero-order valence-corrected chi connectivity index (χ0v) is 53.1. The third-order valence-corrected chi connectivity index (χ3v) is 15.4. The van der Waals surface area contributed by atoms with Gasteiger partial charge in [-0.05, 0) is 70.6 Å². The van der Waals surface area contributed by atoms with Crippen molar-refractivity contribution in [3.05, 3.63) is 36.5 Å². The van der Waals surface area contributed by atoms with Gasteiger partial charge < -0.3 is 28.5 Å². The minimum atomic E-state index is -1.51. The van der Waals surface area contributed by atoms with Crippen molar-refractivity contribution in [1.29, 1.82) is 0 Å². The summed E-state index contributed by atoms with van der Waals surface area (Å²) < 4.78 is 23.0. The van der Waals surface area contributed by atoms with E-state index in [1.165, 1.54) is 263 Å². The summed E-state index contributed by atoms with van der Waals surface area (Å²) in [5, 5.41) is 9.73. The summed E-state index contributed by atoms with van der Waals surface area (Å²) in [5.41, 5.74) is 0. The number of esters is 2. The number of nitrogens with zero attached hydrogens (tertiary/aromatic N) is 1. The average molecular weight is 1120 g/mol. The van der Waals surface area contributed by atoms with Crippen LogP contribution in [-0.4, -0.2) is 87.4 Å². The highest BCUT2D eigenvalue weighted by Gasteiger charge is 2.25. The largest absolute Gasteiger partial charge is 0.477 e. The molecule has 0 aliphatic rings. The SMILES string of the molecule is CCCCCCC/C=C\C/C=C\CCCCCCCCCCCCCCCCCCCCCCCC(=O)OC(COC(=O)CCCCCCCCCCC/C=C\CCCCCCCCCC)COC(OCC[N+](C)(C)C)C(=O)O. The standard InChI is InChI=1S/C70H131NO8/c1-6-8-10-12-14-16-18-20-22-24-26-28-29-30-31-32-33-34-35-36-37-38-39-41-43-45-47-49-51-53-55-57-59-61-68(73)79-66(65-78-70(69(74)75)76-63-62-71(3,4)5)64-77-67(72)60-58-56-54-52-50-48-46-44-42-40-27-25-23-21-19-17-15-13-11-9-7-2/h18,20,24-27,66,70H,6-17,19,21-23,28-65H2,1-5H3/p+1/b20-18-,26-24-,27-25-. The van der Waals surface area contributed by atoms with E-state index in [9.17, 15) is 19.5 Å². The van der Waals surface area contributed by atoms with Crippen LogP contribution in [0.25, 0.3) is 0 Å². The Bertz CT molecular complexity index is 1390. The van der Waals surface area contributed by atoms with Crippen LogP contribution < -0.4 is 0 Å². The smallest absolute Gasteiger partial charge is 0.361 e. The first kappa shape index (κ1) is 76.5. The number of quaternary nitrogens is 1. The van der Waals surface area contributed by atoms with Gasteiger partial charge in [-0.3, -0.25) is 9.59 Å². The van der Waals surface area contributed by atoms with E-state index in [-0.39, 0.29) is 38.2 Å². The number of allylic oxidation sites excluding steroid dienone is 6. The fourth-order valence-electron chi connectivity index (χ4n) is 10.1. The van der Waals surface area contributed by atoms with Gasteiger partial charge in [-0.1, -0.05) is 288 Å². The van der Waals surface area contributed by atoms with E-state index >= 15 is 0 Å². The van der Waals surface area contributed by atoms with E-state index in [2.05, 4.69) is 50.3 Å².